The van der Waals surface area contributed by atoms with E-state index in [9.17, 15) is 4.79 Å². The van der Waals surface area contributed by atoms with Gasteiger partial charge in [-0.1, -0.05) is 26.3 Å². The molecule has 0 radical (unpaired) electrons. The van der Waals surface area contributed by atoms with Gasteiger partial charge < -0.3 is 0 Å². The number of carbonyl (C=O) groups is 1. The molecule has 0 fully saturated rings. The second-order valence-electron chi connectivity index (χ2n) is 2.73. The lowest BCUT2D eigenvalue weighted by Crippen LogP contribution is -1.93. The molecule has 0 heterocycles. The van der Waals surface area contributed by atoms with Crippen LogP contribution in [-0.2, 0) is 4.79 Å². The highest BCUT2D eigenvalue weighted by atomic mass is 16.1. The molecule has 0 N–H and O–H groups in total. The molecule has 0 unspecified atom stereocenters. The molecule has 1 nitrogen and oxygen atoms in total. The van der Waals surface area contributed by atoms with E-state index >= 15 is 0 Å². The molecule has 11 heavy (non-hydrogen) atoms. The van der Waals surface area contributed by atoms with Crippen molar-refractivity contribution in [1.29, 1.82) is 0 Å². The van der Waals surface area contributed by atoms with Gasteiger partial charge in [-0.3, -0.25) is 4.79 Å². The zero-order valence-corrected chi connectivity index (χ0v) is 7.81. The van der Waals surface area contributed by atoms with Gasteiger partial charge in [-0.25, -0.2) is 0 Å². The quantitative estimate of drug-likeness (QED) is 0.556. The van der Waals surface area contributed by atoms with Crippen LogP contribution < -0.4 is 0 Å². The van der Waals surface area contributed by atoms with Gasteiger partial charge in [0.1, 0.15) is 0 Å². The maximum absolute atomic E-state index is 11.1. The Morgan fingerprint density at radius 1 is 1.18 bits per heavy atom. The van der Waals surface area contributed by atoms with Crippen LogP contribution in [0.4, 0.5) is 0 Å². The van der Waals surface area contributed by atoms with Gasteiger partial charge in [0, 0.05) is 6.42 Å². The van der Waals surface area contributed by atoms with Crippen LogP contribution in [0.5, 0.6) is 0 Å². The number of hydrogen-bond donors (Lipinski definition) is 0. The smallest absolute Gasteiger partial charge is 0.155 e. The lowest BCUT2D eigenvalue weighted by molar-refractivity contribution is -0.114. The highest BCUT2D eigenvalue weighted by Gasteiger charge is 1.96. The predicted molar refractivity (Wildman–Crippen MR) is 48.6 cm³/mol. The molecule has 0 aromatic heterocycles. The zero-order chi connectivity index (χ0) is 8.69. The molecule has 64 valence electrons. The molecule has 0 aromatic carbocycles. The lowest BCUT2D eigenvalue weighted by atomic mass is 10.1. The number of carbonyl (C=O) groups excluding carboxylic acids is 1. The monoisotopic (exact) mass is 154 g/mol. The number of allylic oxidation sites excluding steroid dienone is 2. The third-order valence-electron chi connectivity index (χ3n) is 1.77. The first-order chi connectivity index (χ1) is 5.24. The Balaban J connectivity index is 3.93. The maximum Gasteiger partial charge on any atom is 0.155 e. The van der Waals surface area contributed by atoms with E-state index in [1.165, 1.54) is 5.57 Å². The summed E-state index contributed by atoms with van der Waals surface area (Å²) in [7, 11) is 0. The minimum Gasteiger partial charge on any atom is -0.295 e. The van der Waals surface area contributed by atoms with Crippen molar-refractivity contribution in [3.8, 4) is 0 Å². The topological polar surface area (TPSA) is 17.1 Å². The summed E-state index contributed by atoms with van der Waals surface area (Å²) >= 11 is 0. The maximum atomic E-state index is 11.1. The highest BCUT2D eigenvalue weighted by Crippen LogP contribution is 2.06. The van der Waals surface area contributed by atoms with Crippen LogP contribution in [0.1, 0.15) is 46.5 Å². The average Bonchev–Trinajstić information content (AvgIpc) is 2.01. The van der Waals surface area contributed by atoms with Gasteiger partial charge in [0.25, 0.3) is 0 Å². The summed E-state index contributed by atoms with van der Waals surface area (Å²) in [5.41, 5.74) is 1.27. The third-order valence-corrected chi connectivity index (χ3v) is 1.77. The van der Waals surface area contributed by atoms with Crippen molar-refractivity contribution < 1.29 is 4.79 Å². The Hall–Kier alpha value is -0.590. The van der Waals surface area contributed by atoms with Crippen LogP contribution in [0.3, 0.4) is 0 Å². The molecule has 0 aliphatic rings. The van der Waals surface area contributed by atoms with Gasteiger partial charge >= 0.3 is 0 Å². The van der Waals surface area contributed by atoms with Crippen LogP contribution in [0.2, 0.25) is 0 Å². The van der Waals surface area contributed by atoms with Crippen LogP contribution in [0.25, 0.3) is 0 Å². The van der Waals surface area contributed by atoms with Crippen LogP contribution in [0.15, 0.2) is 11.6 Å². The van der Waals surface area contributed by atoms with E-state index in [1.54, 1.807) is 0 Å². The van der Waals surface area contributed by atoms with Gasteiger partial charge in [-0.2, -0.15) is 0 Å². The fourth-order valence-electron chi connectivity index (χ4n) is 1.00. The minimum absolute atomic E-state index is 0.284. The van der Waals surface area contributed by atoms with Crippen LogP contribution in [0, 0.1) is 0 Å². The fourth-order valence-corrected chi connectivity index (χ4v) is 1.00. The van der Waals surface area contributed by atoms with Gasteiger partial charge in [-0.05, 0) is 25.3 Å². The van der Waals surface area contributed by atoms with Crippen molar-refractivity contribution in [3.05, 3.63) is 11.6 Å². The van der Waals surface area contributed by atoms with E-state index in [-0.39, 0.29) is 5.78 Å². The van der Waals surface area contributed by atoms with E-state index in [2.05, 4.69) is 13.8 Å². The minimum atomic E-state index is 0.284. The van der Waals surface area contributed by atoms with E-state index in [4.69, 9.17) is 0 Å². The molecular weight excluding hydrogens is 136 g/mol. The molecule has 0 saturated heterocycles. The first-order valence-electron chi connectivity index (χ1n) is 4.46. The van der Waals surface area contributed by atoms with Gasteiger partial charge in [0.05, 0.1) is 0 Å². The zero-order valence-electron chi connectivity index (χ0n) is 7.81. The molecule has 0 aliphatic heterocycles. The molecule has 0 aromatic rings. The standard InChI is InChI=1S/C10H18O/c1-4-7-10(11)8-9(5-2)6-3/h8H,4-7H2,1-3H3. The Bertz CT molecular complexity index is 139. The van der Waals surface area contributed by atoms with E-state index in [0.29, 0.717) is 6.42 Å². The summed E-state index contributed by atoms with van der Waals surface area (Å²) < 4.78 is 0. The van der Waals surface area contributed by atoms with Crippen molar-refractivity contribution >= 4 is 5.78 Å². The average molecular weight is 154 g/mol. The third kappa shape index (κ3) is 4.77. The molecular formula is C10H18O. The van der Waals surface area contributed by atoms with Crippen molar-refractivity contribution in [2.75, 3.05) is 0 Å². The van der Waals surface area contributed by atoms with Crippen molar-refractivity contribution in [1.82, 2.24) is 0 Å². The summed E-state index contributed by atoms with van der Waals surface area (Å²) in [6, 6.07) is 0. The van der Waals surface area contributed by atoms with Crippen molar-refractivity contribution in [2.45, 2.75) is 46.5 Å². The molecule has 0 saturated carbocycles. The number of rotatable bonds is 5. The Morgan fingerprint density at radius 3 is 2.09 bits per heavy atom. The van der Waals surface area contributed by atoms with E-state index < -0.39 is 0 Å². The molecule has 0 atom stereocenters. The van der Waals surface area contributed by atoms with Crippen molar-refractivity contribution in [3.63, 3.8) is 0 Å². The normalized spacial score (nSPS) is 9.36. The SMILES string of the molecule is CCCC(=O)C=C(CC)CC. The Morgan fingerprint density at radius 2 is 1.73 bits per heavy atom. The summed E-state index contributed by atoms with van der Waals surface area (Å²) in [6.45, 7) is 6.21. The van der Waals surface area contributed by atoms with Gasteiger partial charge in [0.15, 0.2) is 5.78 Å². The molecule has 0 spiro atoms. The largest absolute Gasteiger partial charge is 0.295 e. The fraction of sp³-hybridized carbons (Fsp3) is 0.700. The van der Waals surface area contributed by atoms with Crippen LogP contribution >= 0.6 is 0 Å². The number of hydrogen-bond acceptors (Lipinski definition) is 1. The van der Waals surface area contributed by atoms with Gasteiger partial charge in [0.2, 0.25) is 0 Å². The second kappa shape index (κ2) is 6.14. The first-order valence-corrected chi connectivity index (χ1v) is 4.46. The second-order valence-corrected chi connectivity index (χ2v) is 2.73. The van der Waals surface area contributed by atoms with Crippen molar-refractivity contribution in [2.24, 2.45) is 0 Å². The van der Waals surface area contributed by atoms with Gasteiger partial charge in [-0.15, -0.1) is 0 Å². The summed E-state index contributed by atoms with van der Waals surface area (Å²) in [6.07, 6.45) is 5.47. The predicted octanol–water partition coefficient (Wildman–Crippen LogP) is 3.10. The summed E-state index contributed by atoms with van der Waals surface area (Å²) in [5.74, 6) is 0.284. The summed E-state index contributed by atoms with van der Waals surface area (Å²) in [5, 5.41) is 0. The molecule has 1 heteroatoms. The number of ketones is 1. The van der Waals surface area contributed by atoms with Crippen LogP contribution in [-0.4, -0.2) is 5.78 Å². The highest BCUT2D eigenvalue weighted by molar-refractivity contribution is 5.90. The lowest BCUT2D eigenvalue weighted by Gasteiger charge is -1.97. The first kappa shape index (κ1) is 10.4. The molecule has 0 bridgehead atoms. The molecule has 0 amide bonds. The molecule has 0 aliphatic carbocycles. The van der Waals surface area contributed by atoms with E-state index in [0.717, 1.165) is 19.3 Å². The Labute approximate surface area is 69.5 Å². The molecule has 0 rings (SSSR count). The Kier molecular flexibility index (Phi) is 5.81. The summed E-state index contributed by atoms with van der Waals surface area (Å²) in [4.78, 5) is 11.1. The van der Waals surface area contributed by atoms with E-state index in [1.807, 2.05) is 13.0 Å².